The largest absolute Gasteiger partial charge is 0.444 e. The summed E-state index contributed by atoms with van der Waals surface area (Å²) in [6, 6.07) is 1.58. The quantitative estimate of drug-likeness (QED) is 0.741. The van der Waals surface area contributed by atoms with Gasteiger partial charge in [0.1, 0.15) is 5.60 Å². The lowest BCUT2D eigenvalue weighted by atomic mass is 10.1. The van der Waals surface area contributed by atoms with E-state index in [1.165, 1.54) is 0 Å². The summed E-state index contributed by atoms with van der Waals surface area (Å²) in [5, 5.41) is 7.61. The van der Waals surface area contributed by atoms with Crippen LogP contribution in [0.5, 0.6) is 0 Å². The summed E-state index contributed by atoms with van der Waals surface area (Å²) in [7, 11) is 0. The highest BCUT2D eigenvalue weighted by molar-refractivity contribution is 6.29. The number of hydrogen-bond donors (Lipinski definition) is 1. The molecule has 2 N–H and O–H groups in total. The van der Waals surface area contributed by atoms with Crippen LogP contribution in [-0.2, 0) is 4.74 Å². The molecule has 1 aliphatic rings. The maximum Gasteiger partial charge on any atom is 0.410 e. The fraction of sp³-hybridized carbons (Fsp3) is 0.533. The summed E-state index contributed by atoms with van der Waals surface area (Å²) in [5.74, 6) is 6.40. The first-order valence-corrected chi connectivity index (χ1v) is 7.40. The molecule has 1 amide bonds. The molecular formula is C15H19ClN4O2. The molecule has 0 bridgehead atoms. The molecule has 2 heterocycles. The van der Waals surface area contributed by atoms with Crippen LogP contribution in [0.25, 0.3) is 0 Å². The van der Waals surface area contributed by atoms with Crippen molar-refractivity contribution in [2.24, 2.45) is 5.92 Å². The SMILES string of the molecule is CC(C)(C)OC(=O)N1CCC(C#Cc2cc(Cl)nnc2N)C1. The Kier molecular flexibility index (Phi) is 4.77. The molecule has 1 aromatic heterocycles. The van der Waals surface area contributed by atoms with Crippen molar-refractivity contribution in [2.45, 2.75) is 32.8 Å². The van der Waals surface area contributed by atoms with E-state index >= 15 is 0 Å². The van der Waals surface area contributed by atoms with Crippen molar-refractivity contribution >= 4 is 23.5 Å². The van der Waals surface area contributed by atoms with Crippen LogP contribution in [0.2, 0.25) is 5.15 Å². The number of hydrogen-bond acceptors (Lipinski definition) is 5. The van der Waals surface area contributed by atoms with Crippen molar-refractivity contribution in [3.63, 3.8) is 0 Å². The number of rotatable bonds is 0. The molecule has 1 aliphatic heterocycles. The predicted octanol–water partition coefficient (Wildman–Crippen LogP) is 2.32. The standard InChI is InChI=1S/C15H19ClN4O2/c1-15(2,3)22-14(21)20-7-6-10(9-20)4-5-11-8-12(16)18-19-13(11)17/h8,10H,6-7,9H2,1-3H3,(H2,17,19). The Bertz CT molecular complexity index is 631. The van der Waals surface area contributed by atoms with Crippen molar-refractivity contribution in [2.75, 3.05) is 18.8 Å². The molecule has 1 aromatic rings. The lowest BCUT2D eigenvalue weighted by Crippen LogP contribution is -2.35. The number of nitrogens with zero attached hydrogens (tertiary/aromatic N) is 3. The molecule has 0 radical (unpaired) electrons. The zero-order valence-electron chi connectivity index (χ0n) is 12.9. The Morgan fingerprint density at radius 1 is 1.50 bits per heavy atom. The number of amides is 1. The zero-order valence-corrected chi connectivity index (χ0v) is 13.6. The molecule has 2 rings (SSSR count). The van der Waals surface area contributed by atoms with Gasteiger partial charge in [0.05, 0.1) is 5.56 Å². The van der Waals surface area contributed by atoms with Crippen LogP contribution >= 0.6 is 11.6 Å². The average molecular weight is 323 g/mol. The van der Waals surface area contributed by atoms with E-state index in [1.807, 2.05) is 20.8 Å². The van der Waals surface area contributed by atoms with Crippen molar-refractivity contribution in [1.29, 1.82) is 0 Å². The van der Waals surface area contributed by atoms with Crippen LogP contribution in [0.3, 0.4) is 0 Å². The molecule has 0 aliphatic carbocycles. The molecule has 1 atom stereocenters. The van der Waals surface area contributed by atoms with Gasteiger partial charge in [0.2, 0.25) is 0 Å². The van der Waals surface area contributed by atoms with E-state index in [-0.39, 0.29) is 23.0 Å². The number of halogens is 1. The molecule has 0 spiro atoms. The molecule has 1 fully saturated rings. The number of aromatic nitrogens is 2. The van der Waals surface area contributed by atoms with Gasteiger partial charge in [0.15, 0.2) is 11.0 Å². The van der Waals surface area contributed by atoms with Crippen molar-refractivity contribution in [3.05, 3.63) is 16.8 Å². The molecule has 22 heavy (non-hydrogen) atoms. The van der Waals surface area contributed by atoms with E-state index in [0.29, 0.717) is 18.7 Å². The average Bonchev–Trinajstić information content (AvgIpc) is 2.87. The van der Waals surface area contributed by atoms with Gasteiger partial charge in [-0.05, 0) is 33.3 Å². The maximum atomic E-state index is 12.0. The number of ether oxygens (including phenoxy) is 1. The maximum absolute atomic E-state index is 12.0. The van der Waals surface area contributed by atoms with Crippen LogP contribution in [0.4, 0.5) is 10.6 Å². The molecule has 0 aromatic carbocycles. The van der Waals surface area contributed by atoms with Crippen LogP contribution in [0, 0.1) is 17.8 Å². The monoisotopic (exact) mass is 322 g/mol. The smallest absolute Gasteiger partial charge is 0.410 e. The first-order chi connectivity index (χ1) is 10.2. The van der Waals surface area contributed by atoms with Gasteiger partial charge in [0.25, 0.3) is 0 Å². The van der Waals surface area contributed by atoms with Gasteiger partial charge in [0, 0.05) is 19.0 Å². The third-order valence-electron chi connectivity index (χ3n) is 3.04. The Labute approximate surface area is 135 Å². The van der Waals surface area contributed by atoms with Gasteiger partial charge in [-0.1, -0.05) is 23.4 Å². The Morgan fingerprint density at radius 2 is 2.23 bits per heavy atom. The summed E-state index contributed by atoms with van der Waals surface area (Å²) in [6.07, 6.45) is 0.503. The summed E-state index contributed by atoms with van der Waals surface area (Å²) in [4.78, 5) is 13.7. The minimum Gasteiger partial charge on any atom is -0.444 e. The Morgan fingerprint density at radius 3 is 2.91 bits per heavy atom. The van der Waals surface area contributed by atoms with Gasteiger partial charge in [-0.3, -0.25) is 0 Å². The molecule has 7 heteroatoms. The summed E-state index contributed by atoms with van der Waals surface area (Å²) >= 11 is 5.77. The van der Waals surface area contributed by atoms with E-state index < -0.39 is 5.60 Å². The number of anilines is 1. The van der Waals surface area contributed by atoms with E-state index in [0.717, 1.165) is 6.42 Å². The van der Waals surface area contributed by atoms with Crippen LogP contribution in [0.15, 0.2) is 6.07 Å². The molecular weight excluding hydrogens is 304 g/mol. The van der Waals surface area contributed by atoms with Crippen molar-refractivity contribution < 1.29 is 9.53 Å². The minimum absolute atomic E-state index is 0.0823. The third-order valence-corrected chi connectivity index (χ3v) is 3.23. The molecule has 1 unspecified atom stereocenters. The fourth-order valence-electron chi connectivity index (χ4n) is 2.03. The lowest BCUT2D eigenvalue weighted by Gasteiger charge is -2.24. The predicted molar refractivity (Wildman–Crippen MR) is 84.2 cm³/mol. The van der Waals surface area contributed by atoms with Gasteiger partial charge in [-0.2, -0.15) is 0 Å². The van der Waals surface area contributed by atoms with E-state index in [2.05, 4.69) is 22.0 Å². The number of nitrogen functional groups attached to an aromatic ring is 1. The highest BCUT2D eigenvalue weighted by Crippen LogP contribution is 2.19. The van der Waals surface area contributed by atoms with Crippen LogP contribution in [0.1, 0.15) is 32.8 Å². The van der Waals surface area contributed by atoms with Gasteiger partial charge in [-0.25, -0.2) is 4.79 Å². The highest BCUT2D eigenvalue weighted by Gasteiger charge is 2.28. The molecule has 118 valence electrons. The van der Waals surface area contributed by atoms with E-state index in [1.54, 1.807) is 11.0 Å². The van der Waals surface area contributed by atoms with Crippen LogP contribution in [-0.4, -0.2) is 39.9 Å². The highest BCUT2D eigenvalue weighted by atomic mass is 35.5. The molecule has 1 saturated heterocycles. The topological polar surface area (TPSA) is 81.3 Å². The summed E-state index contributed by atoms with van der Waals surface area (Å²) in [6.45, 7) is 6.73. The number of carbonyl (C=O) groups is 1. The summed E-state index contributed by atoms with van der Waals surface area (Å²) < 4.78 is 5.35. The van der Waals surface area contributed by atoms with Crippen molar-refractivity contribution in [3.8, 4) is 11.8 Å². The van der Waals surface area contributed by atoms with E-state index in [4.69, 9.17) is 22.1 Å². The summed E-state index contributed by atoms with van der Waals surface area (Å²) in [5.41, 5.74) is 5.76. The molecule has 0 saturated carbocycles. The van der Waals surface area contributed by atoms with Gasteiger partial charge >= 0.3 is 6.09 Å². The van der Waals surface area contributed by atoms with Crippen LogP contribution < -0.4 is 5.73 Å². The fourth-order valence-corrected chi connectivity index (χ4v) is 2.17. The third kappa shape index (κ3) is 4.50. The second-order valence-corrected chi connectivity index (χ2v) is 6.53. The Balaban J connectivity index is 1.99. The van der Waals surface area contributed by atoms with Gasteiger partial charge < -0.3 is 15.4 Å². The van der Waals surface area contributed by atoms with E-state index in [9.17, 15) is 4.79 Å². The first-order valence-electron chi connectivity index (χ1n) is 7.03. The van der Waals surface area contributed by atoms with Gasteiger partial charge in [-0.15, -0.1) is 10.2 Å². The zero-order chi connectivity index (χ0) is 16.3. The second kappa shape index (κ2) is 6.41. The number of nitrogens with two attached hydrogens (primary N) is 1. The first kappa shape index (κ1) is 16.4. The number of likely N-dealkylation sites (tertiary alicyclic amines) is 1. The Hall–Kier alpha value is -2.00. The minimum atomic E-state index is -0.491. The normalized spacial score (nSPS) is 17.8. The molecule has 6 nitrogen and oxygen atoms in total. The van der Waals surface area contributed by atoms with Crippen molar-refractivity contribution in [1.82, 2.24) is 15.1 Å². The lowest BCUT2D eigenvalue weighted by molar-refractivity contribution is 0.0291. The second-order valence-electron chi connectivity index (χ2n) is 6.15. The number of carbonyl (C=O) groups excluding carboxylic acids is 1.